The van der Waals surface area contributed by atoms with Gasteiger partial charge in [0.2, 0.25) is 0 Å². The Bertz CT molecular complexity index is 562. The van der Waals surface area contributed by atoms with Crippen molar-refractivity contribution < 1.29 is 9.47 Å². The van der Waals surface area contributed by atoms with Crippen LogP contribution in [0.25, 0.3) is 10.8 Å². The second kappa shape index (κ2) is 6.04. The average molecular weight is 321 g/mol. The Morgan fingerprint density at radius 1 is 1.11 bits per heavy atom. The van der Waals surface area contributed by atoms with Gasteiger partial charge in [-0.2, -0.15) is 0 Å². The molecule has 0 amide bonds. The highest BCUT2D eigenvalue weighted by Gasteiger charge is 2.14. The van der Waals surface area contributed by atoms with E-state index in [1.165, 1.54) is 22.8 Å². The number of benzene rings is 2. The number of rotatable bonds is 3. The molecular weight excluding hydrogens is 304 g/mol. The normalized spacial score (nSPS) is 19.7. The Morgan fingerprint density at radius 3 is 2.74 bits per heavy atom. The lowest BCUT2D eigenvalue weighted by Crippen LogP contribution is -2.22. The van der Waals surface area contributed by atoms with Crippen LogP contribution >= 0.6 is 15.9 Å². The smallest absolute Gasteiger partial charge is 0.158 e. The maximum Gasteiger partial charge on any atom is 0.158 e. The minimum atomic E-state index is -0.0313. The largest absolute Gasteiger partial charge is 0.353 e. The van der Waals surface area contributed by atoms with E-state index in [9.17, 15) is 0 Å². The highest BCUT2D eigenvalue weighted by atomic mass is 79.9. The summed E-state index contributed by atoms with van der Waals surface area (Å²) in [5.41, 5.74) is 1.22. The molecule has 0 N–H and O–H groups in total. The first-order chi connectivity index (χ1) is 9.34. The van der Waals surface area contributed by atoms with Gasteiger partial charge in [-0.05, 0) is 41.7 Å². The van der Waals surface area contributed by atoms with Crippen molar-refractivity contribution in [3.63, 3.8) is 0 Å². The molecule has 1 heterocycles. The van der Waals surface area contributed by atoms with E-state index in [0.717, 1.165) is 23.9 Å². The molecule has 2 nitrogen and oxygen atoms in total. The second-order valence-electron chi connectivity index (χ2n) is 4.86. The molecule has 2 aromatic rings. The summed E-state index contributed by atoms with van der Waals surface area (Å²) in [5, 5.41) is 2.47. The van der Waals surface area contributed by atoms with Gasteiger partial charge >= 0.3 is 0 Å². The van der Waals surface area contributed by atoms with E-state index in [4.69, 9.17) is 9.47 Å². The monoisotopic (exact) mass is 320 g/mol. The molecule has 1 atom stereocenters. The Hall–Kier alpha value is -0.900. The van der Waals surface area contributed by atoms with Gasteiger partial charge in [0, 0.05) is 11.1 Å². The highest BCUT2D eigenvalue weighted by molar-refractivity contribution is 9.10. The zero-order valence-corrected chi connectivity index (χ0v) is 12.4. The van der Waals surface area contributed by atoms with Gasteiger partial charge in [-0.25, -0.2) is 0 Å². The summed E-state index contributed by atoms with van der Waals surface area (Å²) in [6, 6.07) is 12.6. The van der Waals surface area contributed by atoms with Gasteiger partial charge in [0.1, 0.15) is 0 Å². The van der Waals surface area contributed by atoms with Crippen LogP contribution in [0.1, 0.15) is 24.8 Å². The van der Waals surface area contributed by atoms with E-state index in [-0.39, 0.29) is 6.29 Å². The summed E-state index contributed by atoms with van der Waals surface area (Å²) < 4.78 is 12.6. The van der Waals surface area contributed by atoms with Crippen molar-refractivity contribution in [2.75, 3.05) is 6.61 Å². The average Bonchev–Trinajstić information content (AvgIpc) is 2.48. The van der Waals surface area contributed by atoms with Crippen molar-refractivity contribution in [1.82, 2.24) is 0 Å². The van der Waals surface area contributed by atoms with Crippen LogP contribution in [0.3, 0.4) is 0 Å². The third-order valence-electron chi connectivity index (χ3n) is 3.52. The summed E-state index contributed by atoms with van der Waals surface area (Å²) >= 11 is 3.59. The predicted molar refractivity (Wildman–Crippen MR) is 80.0 cm³/mol. The molecule has 0 aliphatic carbocycles. The predicted octanol–water partition coefficient (Wildman–Crippen LogP) is 4.65. The van der Waals surface area contributed by atoms with E-state index in [1.54, 1.807) is 0 Å². The topological polar surface area (TPSA) is 18.5 Å². The maximum absolute atomic E-state index is 5.88. The van der Waals surface area contributed by atoms with E-state index < -0.39 is 0 Å². The fourth-order valence-electron chi connectivity index (χ4n) is 2.48. The molecule has 1 unspecified atom stereocenters. The summed E-state index contributed by atoms with van der Waals surface area (Å²) in [4.78, 5) is 0. The molecule has 2 aromatic carbocycles. The van der Waals surface area contributed by atoms with Crippen LogP contribution in [0.4, 0.5) is 0 Å². The number of halogens is 1. The van der Waals surface area contributed by atoms with E-state index in [2.05, 4.69) is 52.3 Å². The molecule has 0 spiro atoms. The van der Waals surface area contributed by atoms with Crippen molar-refractivity contribution in [2.24, 2.45) is 0 Å². The molecule has 19 heavy (non-hydrogen) atoms. The molecule has 1 aliphatic rings. The van der Waals surface area contributed by atoms with Gasteiger partial charge in [-0.1, -0.05) is 46.3 Å². The number of hydrogen-bond donors (Lipinski definition) is 0. The first kappa shape index (κ1) is 13.1. The molecular formula is C16H17BrO2. The molecule has 0 bridgehead atoms. The molecule has 1 fully saturated rings. The Labute approximate surface area is 121 Å². The standard InChI is InChI=1S/C16H17BrO2/c17-15-9-8-12(13-5-1-2-6-14(13)15)11-19-16-7-3-4-10-18-16/h1-2,5-6,8-9,16H,3-4,7,10-11H2. The van der Waals surface area contributed by atoms with Crippen LogP contribution in [0.15, 0.2) is 40.9 Å². The number of ether oxygens (including phenoxy) is 2. The van der Waals surface area contributed by atoms with Gasteiger partial charge in [0.05, 0.1) is 6.61 Å². The highest BCUT2D eigenvalue weighted by Crippen LogP contribution is 2.27. The molecule has 3 rings (SSSR count). The third-order valence-corrected chi connectivity index (χ3v) is 4.22. The van der Waals surface area contributed by atoms with Crippen molar-refractivity contribution in [2.45, 2.75) is 32.2 Å². The lowest BCUT2D eigenvalue weighted by molar-refractivity contribution is -0.168. The number of hydrogen-bond acceptors (Lipinski definition) is 2. The van der Waals surface area contributed by atoms with Crippen molar-refractivity contribution in [1.29, 1.82) is 0 Å². The van der Waals surface area contributed by atoms with Crippen LogP contribution in [-0.2, 0) is 16.1 Å². The zero-order chi connectivity index (χ0) is 13.1. The molecule has 100 valence electrons. The molecule has 0 aromatic heterocycles. The molecule has 1 aliphatic heterocycles. The minimum absolute atomic E-state index is 0.0313. The van der Waals surface area contributed by atoms with E-state index >= 15 is 0 Å². The van der Waals surface area contributed by atoms with E-state index in [1.807, 2.05) is 0 Å². The quantitative estimate of drug-likeness (QED) is 0.819. The first-order valence-electron chi connectivity index (χ1n) is 6.74. The van der Waals surface area contributed by atoms with Crippen molar-refractivity contribution in [3.8, 4) is 0 Å². The Morgan fingerprint density at radius 2 is 1.95 bits per heavy atom. The van der Waals surface area contributed by atoms with Crippen LogP contribution in [0.5, 0.6) is 0 Å². The lowest BCUT2D eigenvalue weighted by Gasteiger charge is -2.23. The van der Waals surface area contributed by atoms with Gasteiger partial charge in [-0.15, -0.1) is 0 Å². The van der Waals surface area contributed by atoms with Crippen LogP contribution in [0.2, 0.25) is 0 Å². The van der Waals surface area contributed by atoms with Crippen LogP contribution in [0, 0.1) is 0 Å². The van der Waals surface area contributed by atoms with Crippen molar-refractivity contribution in [3.05, 3.63) is 46.4 Å². The number of fused-ring (bicyclic) bond motifs is 1. The first-order valence-corrected chi connectivity index (χ1v) is 7.53. The Balaban J connectivity index is 1.79. The summed E-state index contributed by atoms with van der Waals surface area (Å²) in [6.07, 6.45) is 3.33. The lowest BCUT2D eigenvalue weighted by atomic mass is 10.1. The molecule has 0 saturated carbocycles. The van der Waals surface area contributed by atoms with Crippen molar-refractivity contribution >= 4 is 26.7 Å². The SMILES string of the molecule is Brc1ccc(COC2CCCCO2)c2ccccc12. The zero-order valence-electron chi connectivity index (χ0n) is 10.8. The van der Waals surface area contributed by atoms with Gasteiger partial charge in [-0.3, -0.25) is 0 Å². The fourth-order valence-corrected chi connectivity index (χ4v) is 2.95. The molecule has 0 radical (unpaired) electrons. The Kier molecular flexibility index (Phi) is 4.16. The molecule has 3 heteroatoms. The van der Waals surface area contributed by atoms with Gasteiger partial charge in [0.25, 0.3) is 0 Å². The third kappa shape index (κ3) is 2.99. The molecule has 1 saturated heterocycles. The van der Waals surface area contributed by atoms with Gasteiger partial charge in [0.15, 0.2) is 6.29 Å². The van der Waals surface area contributed by atoms with Crippen LogP contribution in [-0.4, -0.2) is 12.9 Å². The summed E-state index contributed by atoms with van der Waals surface area (Å²) in [6.45, 7) is 1.43. The van der Waals surface area contributed by atoms with E-state index in [0.29, 0.717) is 6.61 Å². The minimum Gasteiger partial charge on any atom is -0.353 e. The summed E-state index contributed by atoms with van der Waals surface area (Å²) in [7, 11) is 0. The van der Waals surface area contributed by atoms with Gasteiger partial charge < -0.3 is 9.47 Å². The summed E-state index contributed by atoms with van der Waals surface area (Å²) in [5.74, 6) is 0. The second-order valence-corrected chi connectivity index (χ2v) is 5.71. The maximum atomic E-state index is 5.88. The fraction of sp³-hybridized carbons (Fsp3) is 0.375. The van der Waals surface area contributed by atoms with Crippen LogP contribution < -0.4 is 0 Å².